The molecule has 0 atom stereocenters. The number of hydrogen-bond donors (Lipinski definition) is 2. The van der Waals surface area contributed by atoms with Crippen LogP contribution in [0.5, 0.6) is 0 Å². The normalized spacial score (nSPS) is 11.0. The highest BCUT2D eigenvalue weighted by Gasteiger charge is 2.16. The molecule has 0 aliphatic carbocycles. The third kappa shape index (κ3) is 5.93. The first-order valence-corrected chi connectivity index (χ1v) is 7.37. The quantitative estimate of drug-likeness (QED) is 0.848. The Morgan fingerprint density at radius 1 is 1.42 bits per heavy atom. The van der Waals surface area contributed by atoms with E-state index >= 15 is 0 Å². The van der Waals surface area contributed by atoms with Crippen LogP contribution in [-0.2, 0) is 12.8 Å². The van der Waals surface area contributed by atoms with E-state index < -0.39 is 0 Å². The van der Waals surface area contributed by atoms with Crippen molar-refractivity contribution in [2.75, 3.05) is 6.54 Å². The molecule has 3 N–H and O–H groups in total. The monoisotopic (exact) mass is 304 g/mol. The number of nitrogens with one attached hydrogen (secondary N) is 1. The summed E-state index contributed by atoms with van der Waals surface area (Å²) in [6.45, 7) is 8.60. The third-order valence-corrected chi connectivity index (χ3v) is 3.92. The highest BCUT2D eigenvalue weighted by Crippen LogP contribution is 2.24. The summed E-state index contributed by atoms with van der Waals surface area (Å²) in [6.07, 6.45) is 3.16. The second-order valence-electron chi connectivity index (χ2n) is 5.33. The smallest absolute Gasteiger partial charge is 0.261 e. The van der Waals surface area contributed by atoms with E-state index in [1.54, 1.807) is 11.3 Å². The minimum atomic E-state index is -0.368. The molecule has 0 saturated heterocycles. The summed E-state index contributed by atoms with van der Waals surface area (Å²) in [5.41, 5.74) is 6.80. The molecule has 1 aromatic heterocycles. The Balaban J connectivity index is 0.00000324. The van der Waals surface area contributed by atoms with E-state index in [2.05, 4.69) is 19.2 Å². The van der Waals surface area contributed by atoms with Crippen LogP contribution in [0.4, 0.5) is 0 Å². The van der Waals surface area contributed by atoms with Crippen molar-refractivity contribution >= 4 is 29.7 Å². The van der Waals surface area contributed by atoms with Gasteiger partial charge in [-0.05, 0) is 38.3 Å². The van der Waals surface area contributed by atoms with Crippen molar-refractivity contribution in [3.63, 3.8) is 0 Å². The SMILES string of the molecule is CCCc1sc(C(=O)NCC(C)(C)N)cc1CC.Cl. The molecule has 0 fully saturated rings. The van der Waals surface area contributed by atoms with Gasteiger partial charge in [-0.3, -0.25) is 4.79 Å². The number of aryl methyl sites for hydroxylation is 2. The Labute approximate surface area is 126 Å². The molecule has 1 amide bonds. The van der Waals surface area contributed by atoms with Gasteiger partial charge in [0.2, 0.25) is 0 Å². The van der Waals surface area contributed by atoms with Gasteiger partial charge in [0.25, 0.3) is 5.91 Å². The summed E-state index contributed by atoms with van der Waals surface area (Å²) in [5.74, 6) is -0.00409. The van der Waals surface area contributed by atoms with Crippen molar-refractivity contribution in [1.82, 2.24) is 5.32 Å². The molecular weight excluding hydrogens is 280 g/mol. The number of amides is 1. The fourth-order valence-corrected chi connectivity index (χ4v) is 2.98. The molecule has 0 radical (unpaired) electrons. The molecule has 0 aliphatic rings. The second-order valence-corrected chi connectivity index (χ2v) is 6.47. The number of carbonyl (C=O) groups is 1. The lowest BCUT2D eigenvalue weighted by atomic mass is 10.1. The molecule has 110 valence electrons. The van der Waals surface area contributed by atoms with Crippen molar-refractivity contribution < 1.29 is 4.79 Å². The predicted octanol–water partition coefficient (Wildman–Crippen LogP) is 3.15. The molecule has 0 unspecified atom stereocenters. The highest BCUT2D eigenvalue weighted by molar-refractivity contribution is 7.14. The van der Waals surface area contributed by atoms with Gasteiger partial charge in [-0.25, -0.2) is 0 Å². The van der Waals surface area contributed by atoms with Gasteiger partial charge >= 0.3 is 0 Å². The number of carbonyl (C=O) groups excluding carboxylic acids is 1. The fraction of sp³-hybridized carbons (Fsp3) is 0.643. The van der Waals surface area contributed by atoms with Gasteiger partial charge in [0, 0.05) is 17.0 Å². The first kappa shape index (κ1) is 18.4. The minimum Gasteiger partial charge on any atom is -0.350 e. The van der Waals surface area contributed by atoms with Crippen LogP contribution < -0.4 is 11.1 Å². The Kier molecular flexibility index (Phi) is 7.64. The van der Waals surface area contributed by atoms with Crippen LogP contribution in [-0.4, -0.2) is 18.0 Å². The van der Waals surface area contributed by atoms with Gasteiger partial charge in [0.15, 0.2) is 0 Å². The fourth-order valence-electron chi connectivity index (χ4n) is 1.71. The zero-order chi connectivity index (χ0) is 13.8. The lowest BCUT2D eigenvalue weighted by Crippen LogP contribution is -2.44. The number of thiophene rings is 1. The van der Waals surface area contributed by atoms with Gasteiger partial charge in [-0.2, -0.15) is 0 Å². The minimum absolute atomic E-state index is 0. The summed E-state index contributed by atoms with van der Waals surface area (Å²) in [7, 11) is 0. The molecule has 19 heavy (non-hydrogen) atoms. The first-order valence-electron chi connectivity index (χ1n) is 6.56. The topological polar surface area (TPSA) is 55.1 Å². The second kappa shape index (κ2) is 7.88. The molecule has 1 aromatic rings. The zero-order valence-corrected chi connectivity index (χ0v) is 13.8. The predicted molar refractivity (Wildman–Crippen MR) is 85.5 cm³/mol. The Hall–Kier alpha value is -0.580. The summed E-state index contributed by atoms with van der Waals surface area (Å²) in [6, 6.07) is 2.02. The molecule has 0 saturated carbocycles. The zero-order valence-electron chi connectivity index (χ0n) is 12.2. The average molecular weight is 305 g/mol. The summed E-state index contributed by atoms with van der Waals surface area (Å²) in [5, 5.41) is 2.89. The molecule has 1 heterocycles. The van der Waals surface area contributed by atoms with Crippen LogP contribution >= 0.6 is 23.7 Å². The van der Waals surface area contributed by atoms with Crippen LogP contribution in [0.1, 0.15) is 54.2 Å². The van der Waals surface area contributed by atoms with Gasteiger partial charge < -0.3 is 11.1 Å². The third-order valence-electron chi connectivity index (χ3n) is 2.68. The molecule has 3 nitrogen and oxygen atoms in total. The average Bonchev–Trinajstić information content (AvgIpc) is 2.69. The van der Waals surface area contributed by atoms with E-state index in [1.165, 1.54) is 10.4 Å². The van der Waals surface area contributed by atoms with Crippen molar-refractivity contribution in [3.8, 4) is 0 Å². The number of rotatable bonds is 6. The Morgan fingerprint density at radius 3 is 2.53 bits per heavy atom. The maximum Gasteiger partial charge on any atom is 0.261 e. The van der Waals surface area contributed by atoms with Crippen LogP contribution in [0, 0.1) is 0 Å². The lowest BCUT2D eigenvalue weighted by molar-refractivity contribution is 0.0950. The van der Waals surface area contributed by atoms with Gasteiger partial charge in [-0.15, -0.1) is 23.7 Å². The summed E-state index contributed by atoms with van der Waals surface area (Å²) < 4.78 is 0. The summed E-state index contributed by atoms with van der Waals surface area (Å²) >= 11 is 1.61. The van der Waals surface area contributed by atoms with Crippen molar-refractivity contribution in [3.05, 3.63) is 21.4 Å². The molecule has 0 aliphatic heterocycles. The molecule has 0 bridgehead atoms. The van der Waals surface area contributed by atoms with Gasteiger partial charge in [-0.1, -0.05) is 20.3 Å². The Bertz CT molecular complexity index is 410. The van der Waals surface area contributed by atoms with Crippen molar-refractivity contribution in [1.29, 1.82) is 0 Å². The van der Waals surface area contributed by atoms with Crippen LogP contribution in [0.15, 0.2) is 6.07 Å². The largest absolute Gasteiger partial charge is 0.350 e. The van der Waals surface area contributed by atoms with Crippen molar-refractivity contribution in [2.24, 2.45) is 5.73 Å². The van der Waals surface area contributed by atoms with E-state index in [-0.39, 0.29) is 23.9 Å². The maximum atomic E-state index is 12.0. The standard InChI is InChI=1S/C14H24N2OS.ClH/c1-5-7-11-10(6-2)8-12(18-11)13(17)16-9-14(3,4)15;/h8H,5-7,9,15H2,1-4H3,(H,16,17);1H. The van der Waals surface area contributed by atoms with Crippen LogP contribution in [0.2, 0.25) is 0 Å². The summed E-state index contributed by atoms with van der Waals surface area (Å²) in [4.78, 5) is 14.2. The number of nitrogens with two attached hydrogens (primary N) is 1. The van der Waals surface area contributed by atoms with E-state index in [4.69, 9.17) is 5.73 Å². The first-order chi connectivity index (χ1) is 8.37. The number of hydrogen-bond acceptors (Lipinski definition) is 3. The van der Waals surface area contributed by atoms with Crippen LogP contribution in [0.25, 0.3) is 0 Å². The molecule has 5 heteroatoms. The molecule has 0 spiro atoms. The molecule has 0 aromatic carbocycles. The van der Waals surface area contributed by atoms with Gasteiger partial charge in [0.1, 0.15) is 0 Å². The van der Waals surface area contributed by atoms with Crippen LogP contribution in [0.3, 0.4) is 0 Å². The van der Waals surface area contributed by atoms with E-state index in [1.807, 2.05) is 19.9 Å². The van der Waals surface area contributed by atoms with Gasteiger partial charge in [0.05, 0.1) is 4.88 Å². The highest BCUT2D eigenvalue weighted by atomic mass is 35.5. The van der Waals surface area contributed by atoms with E-state index in [0.29, 0.717) is 6.54 Å². The maximum absolute atomic E-state index is 12.0. The number of halogens is 1. The molecular formula is C14H25ClN2OS. The Morgan fingerprint density at radius 2 is 2.05 bits per heavy atom. The lowest BCUT2D eigenvalue weighted by Gasteiger charge is -2.18. The van der Waals surface area contributed by atoms with E-state index in [9.17, 15) is 4.79 Å². The van der Waals surface area contributed by atoms with Crippen molar-refractivity contribution in [2.45, 2.75) is 52.5 Å². The molecule has 1 rings (SSSR count). The van der Waals surface area contributed by atoms with E-state index in [0.717, 1.165) is 24.1 Å².